The Hall–Kier alpha value is -1.14. The Kier molecular flexibility index (Phi) is 8.32. The van der Waals surface area contributed by atoms with Crippen LogP contribution < -0.4 is 4.84 Å². The number of aromatic nitrogens is 2. The summed E-state index contributed by atoms with van der Waals surface area (Å²) in [6, 6.07) is 0. The smallest absolute Gasteiger partial charge is 0.338 e. The molecule has 1 rings (SSSR count). The van der Waals surface area contributed by atoms with Gasteiger partial charge in [0.1, 0.15) is 6.33 Å². The Bertz CT molecular complexity index is 461. The van der Waals surface area contributed by atoms with Gasteiger partial charge in [-0.05, 0) is 6.92 Å². The van der Waals surface area contributed by atoms with Crippen LogP contribution in [0.4, 0.5) is 0 Å². The van der Waals surface area contributed by atoms with Crippen molar-refractivity contribution >= 4 is 17.8 Å². The van der Waals surface area contributed by atoms with Crippen LogP contribution in [0.1, 0.15) is 19.4 Å². The monoisotopic (exact) mass is 323 g/mol. The third kappa shape index (κ3) is 4.27. The molecule has 1 heterocycles. The van der Waals surface area contributed by atoms with E-state index in [1.807, 2.05) is 0 Å². The van der Waals surface area contributed by atoms with E-state index in [0.29, 0.717) is 11.1 Å². The van der Waals surface area contributed by atoms with Gasteiger partial charge in [0, 0.05) is 38.9 Å². The van der Waals surface area contributed by atoms with Crippen LogP contribution in [0.2, 0.25) is 0 Å². The summed E-state index contributed by atoms with van der Waals surface area (Å²) in [4.78, 5) is 24.2. The molecule has 6 nitrogen and oxygen atoms in total. The number of carbonyl (C=O) groups excluding carboxylic acids is 1. The van der Waals surface area contributed by atoms with Gasteiger partial charge in [0.2, 0.25) is 0 Å². The number of rotatable bonds is 4. The van der Waals surface area contributed by atoms with Crippen molar-refractivity contribution in [2.24, 2.45) is 5.16 Å². The normalized spacial score (nSPS) is 10.9. The molecule has 1 aromatic heterocycles. The molecular formula is C11H12N3O3Y-. The fraction of sp³-hybridized carbons (Fsp3) is 0.273. The summed E-state index contributed by atoms with van der Waals surface area (Å²) in [7, 11) is 1.30. The molecule has 0 aromatic carbocycles. The number of allylic oxidation sites excluding steroid dienone is 1. The molecule has 0 atom stereocenters. The van der Waals surface area contributed by atoms with Crippen molar-refractivity contribution < 1.29 is 47.1 Å². The molecule has 1 radical (unpaired) electrons. The van der Waals surface area contributed by atoms with Gasteiger partial charge >= 0.3 is 5.97 Å². The first kappa shape index (κ1) is 16.9. The standard InChI is InChI=1S/C11H12N3O3.Y/c1-4-8(11(15)16-3)9-6-12-7-13-10(9)17-14-5-2;/h4,6-7H,1-3H3;/q-1;/b8-4+;. The summed E-state index contributed by atoms with van der Waals surface area (Å²) in [6.07, 6.45) is 6.80. The van der Waals surface area contributed by atoms with Gasteiger partial charge in [-0.15, -0.1) is 0 Å². The van der Waals surface area contributed by atoms with Gasteiger partial charge < -0.3 is 20.9 Å². The van der Waals surface area contributed by atoms with E-state index in [4.69, 9.17) is 4.84 Å². The van der Waals surface area contributed by atoms with Gasteiger partial charge in [0.25, 0.3) is 5.88 Å². The Morgan fingerprint density at radius 3 is 2.83 bits per heavy atom. The minimum Gasteiger partial charge on any atom is -0.465 e. The molecule has 0 amide bonds. The van der Waals surface area contributed by atoms with E-state index in [1.54, 1.807) is 19.9 Å². The van der Waals surface area contributed by atoms with Gasteiger partial charge in [0.05, 0.1) is 18.2 Å². The second kappa shape index (κ2) is 8.88. The molecule has 7 heteroatoms. The van der Waals surface area contributed by atoms with Gasteiger partial charge in [-0.3, -0.25) is 0 Å². The molecule has 0 bridgehead atoms. The molecule has 1 aromatic rings. The topological polar surface area (TPSA) is 73.7 Å². The van der Waals surface area contributed by atoms with Crippen molar-refractivity contribution in [3.05, 3.63) is 24.2 Å². The summed E-state index contributed by atoms with van der Waals surface area (Å²) in [6.45, 7) is 3.29. The fourth-order valence-corrected chi connectivity index (χ4v) is 1.16. The predicted molar refractivity (Wildman–Crippen MR) is 61.4 cm³/mol. The van der Waals surface area contributed by atoms with Crippen molar-refractivity contribution in [2.45, 2.75) is 13.8 Å². The number of esters is 1. The van der Waals surface area contributed by atoms with E-state index >= 15 is 0 Å². The Balaban J connectivity index is 0.00000289. The molecule has 0 N–H and O–H groups in total. The van der Waals surface area contributed by atoms with Crippen LogP contribution in [0, 0.1) is 0 Å². The zero-order valence-corrected chi connectivity index (χ0v) is 13.2. The fourth-order valence-electron chi connectivity index (χ4n) is 1.16. The quantitative estimate of drug-likeness (QED) is 0.275. The first-order chi connectivity index (χ1) is 8.24. The van der Waals surface area contributed by atoms with Crippen molar-refractivity contribution in [2.75, 3.05) is 7.11 Å². The van der Waals surface area contributed by atoms with Crippen LogP contribution in [0.15, 0.2) is 23.8 Å². The second-order valence-electron chi connectivity index (χ2n) is 2.84. The van der Waals surface area contributed by atoms with Crippen LogP contribution in [0.25, 0.3) is 5.57 Å². The van der Waals surface area contributed by atoms with Gasteiger partial charge in [-0.25, -0.2) is 9.78 Å². The zero-order chi connectivity index (χ0) is 12.7. The first-order valence-corrected chi connectivity index (χ1v) is 4.83. The van der Waals surface area contributed by atoms with Crippen molar-refractivity contribution in [3.8, 4) is 5.88 Å². The third-order valence-electron chi connectivity index (χ3n) is 1.88. The van der Waals surface area contributed by atoms with E-state index in [1.165, 1.54) is 19.6 Å². The molecule has 93 valence electrons. The maximum atomic E-state index is 11.5. The number of hydrogen-bond donors (Lipinski definition) is 0. The maximum Gasteiger partial charge on any atom is 0.338 e. The third-order valence-corrected chi connectivity index (χ3v) is 1.88. The van der Waals surface area contributed by atoms with Gasteiger partial charge in [-0.1, -0.05) is 6.08 Å². The summed E-state index contributed by atoms with van der Waals surface area (Å²) in [5.74, 6) is -0.315. The molecule has 0 saturated carbocycles. The predicted octanol–water partition coefficient (Wildman–Crippen LogP) is 1.31. The second-order valence-corrected chi connectivity index (χ2v) is 2.84. The van der Waals surface area contributed by atoms with Gasteiger partial charge in [-0.2, -0.15) is 11.9 Å². The molecule has 0 saturated heterocycles. The Morgan fingerprint density at radius 1 is 1.56 bits per heavy atom. The van der Waals surface area contributed by atoms with E-state index < -0.39 is 5.97 Å². The summed E-state index contributed by atoms with van der Waals surface area (Å²) in [5, 5.41) is 3.48. The maximum absolute atomic E-state index is 11.5. The Morgan fingerprint density at radius 2 is 2.28 bits per heavy atom. The first-order valence-electron chi connectivity index (χ1n) is 4.83. The molecule has 0 unspecified atom stereocenters. The average molecular weight is 323 g/mol. The van der Waals surface area contributed by atoms with Crippen LogP contribution in [0.5, 0.6) is 5.88 Å². The van der Waals surface area contributed by atoms with Crippen molar-refractivity contribution in [1.29, 1.82) is 0 Å². The van der Waals surface area contributed by atoms with Gasteiger partial charge in [0.15, 0.2) is 0 Å². The van der Waals surface area contributed by atoms with Crippen LogP contribution >= 0.6 is 0 Å². The van der Waals surface area contributed by atoms with Crippen LogP contribution in [-0.4, -0.2) is 29.3 Å². The van der Waals surface area contributed by atoms with Crippen LogP contribution in [0.3, 0.4) is 0 Å². The van der Waals surface area contributed by atoms with E-state index in [-0.39, 0.29) is 38.6 Å². The van der Waals surface area contributed by atoms with Crippen molar-refractivity contribution in [3.63, 3.8) is 0 Å². The minimum atomic E-state index is -0.489. The number of hydrogen-bond acceptors (Lipinski definition) is 6. The van der Waals surface area contributed by atoms with E-state index in [9.17, 15) is 4.79 Å². The minimum absolute atomic E-state index is 0. The summed E-state index contributed by atoms with van der Waals surface area (Å²) >= 11 is 0. The molecule has 0 fully saturated rings. The molecular weight excluding hydrogens is 311 g/mol. The number of carbonyl (C=O) groups is 1. The molecule has 0 aliphatic rings. The Labute approximate surface area is 130 Å². The molecule has 0 aliphatic heterocycles. The van der Waals surface area contributed by atoms with E-state index in [2.05, 4.69) is 26.1 Å². The number of ether oxygens (including phenoxy) is 1. The van der Waals surface area contributed by atoms with E-state index in [0.717, 1.165) is 0 Å². The molecule has 18 heavy (non-hydrogen) atoms. The summed E-state index contributed by atoms with van der Waals surface area (Å²) in [5.41, 5.74) is 0.732. The number of nitrogens with zero attached hydrogens (tertiary/aromatic N) is 3. The molecule has 0 spiro atoms. The largest absolute Gasteiger partial charge is 0.465 e. The summed E-state index contributed by atoms with van der Waals surface area (Å²) < 4.78 is 4.65. The molecule has 0 aliphatic carbocycles. The van der Waals surface area contributed by atoms with Crippen LogP contribution in [-0.2, 0) is 42.2 Å². The zero-order valence-electron chi connectivity index (χ0n) is 10.4. The average Bonchev–Trinajstić information content (AvgIpc) is 2.38. The van der Waals surface area contributed by atoms with Crippen molar-refractivity contribution in [1.82, 2.24) is 9.97 Å². The SMILES string of the molecule is C[C-]=NOc1ncncc1/C(=C\C)C(=O)OC.[Y]. The number of methoxy groups -OCH3 is 1.